The summed E-state index contributed by atoms with van der Waals surface area (Å²) in [5, 5.41) is 11.2. The third kappa shape index (κ3) is 5.77. The van der Waals surface area contributed by atoms with Gasteiger partial charge in [-0.3, -0.25) is 9.59 Å². The third-order valence-electron chi connectivity index (χ3n) is 5.42. The molecule has 0 aliphatic rings. The summed E-state index contributed by atoms with van der Waals surface area (Å²) < 4.78 is 1.70. The van der Waals surface area contributed by atoms with E-state index < -0.39 is 0 Å². The highest BCUT2D eigenvalue weighted by atomic mass is 35.5. The number of hydrogen-bond donors (Lipinski definition) is 2. The Hall–Kier alpha value is -3.12. The SMILES string of the molecule is Cc1nn(-c2ccc(Cl)cc2)c(NC(=O)CCC(=O)NC(C)C(C)C)c1-c1ccccc1. The van der Waals surface area contributed by atoms with Gasteiger partial charge in [0, 0.05) is 29.5 Å². The van der Waals surface area contributed by atoms with E-state index in [9.17, 15) is 9.59 Å². The van der Waals surface area contributed by atoms with Crippen LogP contribution in [0.1, 0.15) is 39.3 Å². The molecular weight excluding hydrogens is 424 g/mol. The van der Waals surface area contributed by atoms with Crippen molar-refractivity contribution in [3.8, 4) is 16.8 Å². The van der Waals surface area contributed by atoms with Gasteiger partial charge in [0.25, 0.3) is 0 Å². The predicted octanol–water partition coefficient (Wildman–Crippen LogP) is 5.38. The van der Waals surface area contributed by atoms with Crippen molar-refractivity contribution in [2.45, 2.75) is 46.6 Å². The molecule has 0 fully saturated rings. The lowest BCUT2D eigenvalue weighted by Crippen LogP contribution is -2.36. The summed E-state index contributed by atoms with van der Waals surface area (Å²) in [6.07, 6.45) is 0.202. The van der Waals surface area contributed by atoms with Crippen molar-refractivity contribution in [2.24, 2.45) is 5.92 Å². The summed E-state index contributed by atoms with van der Waals surface area (Å²) in [7, 11) is 0. The first kappa shape index (κ1) is 23.5. The van der Waals surface area contributed by atoms with E-state index in [4.69, 9.17) is 11.6 Å². The molecule has 3 rings (SSSR count). The van der Waals surface area contributed by atoms with Crippen LogP contribution >= 0.6 is 11.6 Å². The molecule has 3 aromatic rings. The minimum atomic E-state index is -0.246. The first-order valence-corrected chi connectivity index (χ1v) is 11.1. The van der Waals surface area contributed by atoms with Crippen LogP contribution in [-0.2, 0) is 9.59 Å². The van der Waals surface area contributed by atoms with Crippen LogP contribution < -0.4 is 10.6 Å². The predicted molar refractivity (Wildman–Crippen MR) is 129 cm³/mol. The maximum atomic E-state index is 12.8. The Bertz CT molecular complexity index is 1080. The van der Waals surface area contributed by atoms with Gasteiger partial charge in [0.2, 0.25) is 11.8 Å². The molecule has 2 amide bonds. The number of aromatic nitrogens is 2. The first-order chi connectivity index (χ1) is 15.3. The third-order valence-corrected chi connectivity index (χ3v) is 5.67. The molecule has 6 nitrogen and oxygen atoms in total. The first-order valence-electron chi connectivity index (χ1n) is 10.8. The summed E-state index contributed by atoms with van der Waals surface area (Å²) in [6, 6.07) is 17.1. The summed E-state index contributed by atoms with van der Waals surface area (Å²) >= 11 is 6.04. The number of halogens is 1. The second kappa shape index (κ2) is 10.5. The standard InChI is InChI=1S/C25H29ClN4O2/c1-16(2)17(3)27-22(31)14-15-23(32)28-25-24(19-8-6-5-7-9-19)18(4)29-30(25)21-12-10-20(26)11-13-21/h5-13,16-17H,14-15H2,1-4H3,(H,27,31)(H,28,32). The van der Waals surface area contributed by atoms with Gasteiger partial charge in [-0.1, -0.05) is 55.8 Å². The van der Waals surface area contributed by atoms with Gasteiger partial charge in [0.15, 0.2) is 0 Å². The van der Waals surface area contributed by atoms with Crippen LogP contribution in [0.4, 0.5) is 5.82 Å². The Labute approximate surface area is 194 Å². The summed E-state index contributed by atoms with van der Waals surface area (Å²) in [5.74, 6) is 0.520. The van der Waals surface area contributed by atoms with Gasteiger partial charge in [-0.2, -0.15) is 5.10 Å². The normalized spacial score (nSPS) is 11.9. The molecule has 0 aliphatic heterocycles. The molecule has 7 heteroatoms. The van der Waals surface area contributed by atoms with Crippen molar-refractivity contribution in [3.63, 3.8) is 0 Å². The monoisotopic (exact) mass is 452 g/mol. The molecule has 0 saturated heterocycles. The van der Waals surface area contributed by atoms with E-state index >= 15 is 0 Å². The molecule has 32 heavy (non-hydrogen) atoms. The van der Waals surface area contributed by atoms with Crippen molar-refractivity contribution in [1.29, 1.82) is 0 Å². The van der Waals surface area contributed by atoms with E-state index in [1.54, 1.807) is 16.8 Å². The van der Waals surface area contributed by atoms with Crippen molar-refractivity contribution in [3.05, 3.63) is 65.3 Å². The quantitative estimate of drug-likeness (QED) is 0.481. The lowest BCUT2D eigenvalue weighted by molar-refractivity contribution is -0.125. The largest absolute Gasteiger partial charge is 0.353 e. The number of aryl methyl sites for hydroxylation is 1. The molecule has 1 aromatic heterocycles. The van der Waals surface area contributed by atoms with Gasteiger partial charge in [0.05, 0.1) is 11.4 Å². The zero-order valence-corrected chi connectivity index (χ0v) is 19.6. The molecule has 1 atom stereocenters. The average Bonchev–Trinajstić information content (AvgIpc) is 3.09. The molecule has 0 spiro atoms. The van der Waals surface area contributed by atoms with Crippen molar-refractivity contribution >= 4 is 29.2 Å². The zero-order chi connectivity index (χ0) is 23.3. The van der Waals surface area contributed by atoms with Crippen LogP contribution in [0.5, 0.6) is 0 Å². The molecular formula is C25H29ClN4O2. The lowest BCUT2D eigenvalue weighted by Gasteiger charge is -2.17. The van der Waals surface area contributed by atoms with Crippen LogP contribution in [0.3, 0.4) is 0 Å². The van der Waals surface area contributed by atoms with Crippen LogP contribution in [0.25, 0.3) is 16.8 Å². The molecule has 2 aromatic carbocycles. The van der Waals surface area contributed by atoms with E-state index in [1.807, 2.05) is 70.2 Å². The van der Waals surface area contributed by atoms with Crippen LogP contribution in [-0.4, -0.2) is 27.6 Å². The van der Waals surface area contributed by atoms with Crippen LogP contribution in [0, 0.1) is 12.8 Å². The van der Waals surface area contributed by atoms with Gasteiger partial charge in [-0.15, -0.1) is 0 Å². The number of nitrogens with zero attached hydrogens (tertiary/aromatic N) is 2. The van der Waals surface area contributed by atoms with E-state index in [0.717, 1.165) is 22.5 Å². The van der Waals surface area contributed by atoms with Crippen molar-refractivity contribution in [1.82, 2.24) is 15.1 Å². The molecule has 168 valence electrons. The fourth-order valence-corrected chi connectivity index (χ4v) is 3.40. The number of carbonyl (C=O) groups is 2. The number of anilines is 1. The van der Waals surface area contributed by atoms with E-state index in [0.29, 0.717) is 16.8 Å². The molecule has 2 N–H and O–H groups in total. The number of benzene rings is 2. The number of nitrogens with one attached hydrogen (secondary N) is 2. The van der Waals surface area contributed by atoms with Gasteiger partial charge in [0.1, 0.15) is 5.82 Å². The van der Waals surface area contributed by atoms with Crippen LogP contribution in [0.15, 0.2) is 54.6 Å². The van der Waals surface area contributed by atoms with Crippen molar-refractivity contribution < 1.29 is 9.59 Å². The highest BCUT2D eigenvalue weighted by Crippen LogP contribution is 2.33. The van der Waals surface area contributed by atoms with Gasteiger partial charge in [-0.05, 0) is 49.6 Å². The van der Waals surface area contributed by atoms with Crippen LogP contribution in [0.2, 0.25) is 5.02 Å². The molecule has 0 bridgehead atoms. The smallest absolute Gasteiger partial charge is 0.226 e. The fourth-order valence-electron chi connectivity index (χ4n) is 3.28. The lowest BCUT2D eigenvalue weighted by atomic mass is 10.1. The topological polar surface area (TPSA) is 76.0 Å². The second-order valence-electron chi connectivity index (χ2n) is 8.21. The Balaban J connectivity index is 1.86. The Morgan fingerprint density at radius 1 is 0.969 bits per heavy atom. The Kier molecular flexibility index (Phi) is 7.70. The van der Waals surface area contributed by atoms with Gasteiger partial charge >= 0.3 is 0 Å². The van der Waals surface area contributed by atoms with Gasteiger partial charge in [-0.25, -0.2) is 4.68 Å². The van der Waals surface area contributed by atoms with E-state index in [-0.39, 0.29) is 30.7 Å². The number of carbonyl (C=O) groups excluding carboxylic acids is 2. The maximum Gasteiger partial charge on any atom is 0.226 e. The molecule has 1 unspecified atom stereocenters. The number of amides is 2. The second-order valence-corrected chi connectivity index (χ2v) is 8.65. The number of rotatable bonds is 8. The summed E-state index contributed by atoms with van der Waals surface area (Å²) in [4.78, 5) is 25.0. The summed E-state index contributed by atoms with van der Waals surface area (Å²) in [6.45, 7) is 7.96. The zero-order valence-electron chi connectivity index (χ0n) is 18.9. The minimum Gasteiger partial charge on any atom is -0.353 e. The highest BCUT2D eigenvalue weighted by molar-refractivity contribution is 6.30. The molecule has 0 aliphatic carbocycles. The Morgan fingerprint density at radius 2 is 1.59 bits per heavy atom. The van der Waals surface area contributed by atoms with Crippen molar-refractivity contribution in [2.75, 3.05) is 5.32 Å². The van der Waals surface area contributed by atoms with E-state index in [2.05, 4.69) is 15.7 Å². The molecule has 0 saturated carbocycles. The fraction of sp³-hybridized carbons (Fsp3) is 0.320. The molecule has 0 radical (unpaired) electrons. The minimum absolute atomic E-state index is 0.0595. The van der Waals surface area contributed by atoms with E-state index in [1.165, 1.54) is 0 Å². The summed E-state index contributed by atoms with van der Waals surface area (Å²) in [5.41, 5.74) is 3.35. The van der Waals surface area contributed by atoms with Gasteiger partial charge < -0.3 is 10.6 Å². The number of hydrogen-bond acceptors (Lipinski definition) is 3. The Morgan fingerprint density at radius 3 is 2.22 bits per heavy atom. The average molecular weight is 453 g/mol. The highest BCUT2D eigenvalue weighted by Gasteiger charge is 2.21. The maximum absolute atomic E-state index is 12.8. The molecule has 1 heterocycles.